The predicted molar refractivity (Wildman–Crippen MR) is 91.2 cm³/mol. The first-order chi connectivity index (χ1) is 11.4. The largest absolute Gasteiger partial charge is 0.478 e. The summed E-state index contributed by atoms with van der Waals surface area (Å²) in [5.41, 5.74) is 1.73. The van der Waals surface area contributed by atoms with Crippen molar-refractivity contribution >= 4 is 5.91 Å². The van der Waals surface area contributed by atoms with Gasteiger partial charge in [0.15, 0.2) is 5.60 Å². The van der Waals surface area contributed by atoms with E-state index < -0.39 is 11.7 Å². The van der Waals surface area contributed by atoms with Crippen LogP contribution in [0, 0.1) is 0 Å². The highest BCUT2D eigenvalue weighted by molar-refractivity contribution is 5.85. The Morgan fingerprint density at radius 3 is 2.79 bits per heavy atom. The highest BCUT2D eigenvalue weighted by atomic mass is 16.5. The van der Waals surface area contributed by atoms with Crippen LogP contribution < -0.4 is 4.74 Å². The number of nitrogens with zero attached hydrogens (tertiary/aromatic N) is 1. The number of aryl methyl sites for hydroxylation is 2. The van der Waals surface area contributed by atoms with Gasteiger partial charge in [-0.1, -0.05) is 6.07 Å². The second-order valence-corrected chi connectivity index (χ2v) is 7.17. The van der Waals surface area contributed by atoms with Gasteiger partial charge in [-0.15, -0.1) is 0 Å². The fourth-order valence-electron chi connectivity index (χ4n) is 3.63. The van der Waals surface area contributed by atoms with E-state index in [1.54, 1.807) is 18.7 Å². The molecule has 2 atom stereocenters. The van der Waals surface area contributed by atoms with Crippen LogP contribution in [0.3, 0.4) is 0 Å². The molecule has 24 heavy (non-hydrogen) atoms. The SMILES string of the molecule is CCO[C@@H]1CN(C(=O)C(C)(C)Oc2ccc3c(c2)CCC3)C[C@H]1O. The number of fused-ring (bicyclic) bond motifs is 1. The van der Waals surface area contributed by atoms with Gasteiger partial charge in [0, 0.05) is 19.7 Å². The highest BCUT2D eigenvalue weighted by Gasteiger charge is 2.41. The van der Waals surface area contributed by atoms with Crippen LogP contribution in [0.5, 0.6) is 5.75 Å². The number of β-amino-alcohol motifs (C(OH)–C–C–N with tert-alkyl or cyclic N) is 1. The maximum absolute atomic E-state index is 12.8. The molecule has 0 spiro atoms. The van der Waals surface area contributed by atoms with Crippen LogP contribution in [0.15, 0.2) is 18.2 Å². The molecule has 1 aromatic rings. The van der Waals surface area contributed by atoms with E-state index in [9.17, 15) is 9.90 Å². The van der Waals surface area contributed by atoms with E-state index >= 15 is 0 Å². The molecule has 132 valence electrons. The van der Waals surface area contributed by atoms with Crippen molar-refractivity contribution in [3.05, 3.63) is 29.3 Å². The molecule has 1 N–H and O–H groups in total. The Kier molecular flexibility index (Phi) is 4.83. The predicted octanol–water partition coefficient (Wildman–Crippen LogP) is 1.94. The summed E-state index contributed by atoms with van der Waals surface area (Å²) < 4.78 is 11.5. The third-order valence-electron chi connectivity index (χ3n) is 4.86. The van der Waals surface area contributed by atoms with E-state index in [1.807, 2.05) is 13.0 Å². The minimum atomic E-state index is -0.979. The molecule has 5 heteroatoms. The first kappa shape index (κ1) is 17.2. The average molecular weight is 333 g/mol. The standard InChI is InChI=1S/C19H27NO4/c1-4-23-17-12-20(11-16(17)21)18(22)19(2,3)24-15-9-8-13-6-5-7-14(13)10-15/h8-10,16-17,21H,4-7,11-12H2,1-3H3/t16-,17-/m1/s1. The Balaban J connectivity index is 1.67. The summed E-state index contributed by atoms with van der Waals surface area (Å²) in [6.07, 6.45) is 2.45. The van der Waals surface area contributed by atoms with Crippen molar-refractivity contribution in [1.29, 1.82) is 0 Å². The van der Waals surface area contributed by atoms with Crippen LogP contribution in [0.4, 0.5) is 0 Å². The molecule has 1 heterocycles. The number of carbonyl (C=O) groups excluding carboxylic acids is 1. The molecule has 2 aliphatic rings. The number of amides is 1. The van der Waals surface area contributed by atoms with Gasteiger partial charge in [-0.2, -0.15) is 0 Å². The Bertz CT molecular complexity index is 613. The third-order valence-corrected chi connectivity index (χ3v) is 4.86. The lowest BCUT2D eigenvalue weighted by molar-refractivity contribution is -0.145. The average Bonchev–Trinajstić information content (AvgIpc) is 3.13. The summed E-state index contributed by atoms with van der Waals surface area (Å²) in [7, 11) is 0. The van der Waals surface area contributed by atoms with Gasteiger partial charge in [-0.05, 0) is 63.3 Å². The summed E-state index contributed by atoms with van der Waals surface area (Å²) in [6.45, 7) is 6.67. The van der Waals surface area contributed by atoms with E-state index in [-0.39, 0.29) is 12.0 Å². The number of hydrogen-bond acceptors (Lipinski definition) is 4. The zero-order valence-electron chi connectivity index (χ0n) is 14.7. The monoisotopic (exact) mass is 333 g/mol. The summed E-state index contributed by atoms with van der Waals surface area (Å²) >= 11 is 0. The zero-order chi connectivity index (χ0) is 17.3. The van der Waals surface area contributed by atoms with Gasteiger partial charge in [0.05, 0.1) is 6.10 Å². The molecule has 1 fully saturated rings. The minimum Gasteiger partial charge on any atom is -0.478 e. The topological polar surface area (TPSA) is 59.0 Å². The van der Waals surface area contributed by atoms with Crippen molar-refractivity contribution in [1.82, 2.24) is 4.90 Å². The van der Waals surface area contributed by atoms with Crippen molar-refractivity contribution in [3.63, 3.8) is 0 Å². The van der Waals surface area contributed by atoms with E-state index in [4.69, 9.17) is 9.47 Å². The van der Waals surface area contributed by atoms with Gasteiger partial charge in [-0.25, -0.2) is 0 Å². The third kappa shape index (κ3) is 3.42. The maximum atomic E-state index is 12.8. The molecule has 1 amide bonds. The molecule has 5 nitrogen and oxygen atoms in total. The lowest BCUT2D eigenvalue weighted by atomic mass is 10.1. The molecule has 0 saturated carbocycles. The number of ether oxygens (including phenoxy) is 2. The summed E-state index contributed by atoms with van der Waals surface area (Å²) in [5, 5.41) is 10.0. The second-order valence-electron chi connectivity index (χ2n) is 7.17. The number of carbonyl (C=O) groups is 1. The van der Waals surface area contributed by atoms with Crippen LogP contribution in [0.25, 0.3) is 0 Å². The Morgan fingerprint density at radius 1 is 1.29 bits per heavy atom. The van der Waals surface area contributed by atoms with Gasteiger partial charge in [-0.3, -0.25) is 4.79 Å². The van der Waals surface area contributed by atoms with Gasteiger partial charge in [0.1, 0.15) is 11.9 Å². The summed E-state index contributed by atoms with van der Waals surface area (Å²) in [6, 6.07) is 6.10. The fraction of sp³-hybridized carbons (Fsp3) is 0.632. The van der Waals surface area contributed by atoms with Crippen LogP contribution >= 0.6 is 0 Å². The van der Waals surface area contributed by atoms with Gasteiger partial charge < -0.3 is 19.5 Å². The van der Waals surface area contributed by atoms with Crippen LogP contribution in [0.1, 0.15) is 38.3 Å². The Morgan fingerprint density at radius 2 is 2.04 bits per heavy atom. The molecule has 3 rings (SSSR count). The lowest BCUT2D eigenvalue weighted by Crippen LogP contribution is -2.48. The van der Waals surface area contributed by atoms with Crippen molar-refractivity contribution in [2.75, 3.05) is 19.7 Å². The highest BCUT2D eigenvalue weighted by Crippen LogP contribution is 2.29. The Hall–Kier alpha value is -1.59. The number of aliphatic hydroxyl groups is 1. The molecule has 0 radical (unpaired) electrons. The molecular formula is C19H27NO4. The Labute approximate surface area is 143 Å². The molecule has 1 aromatic carbocycles. The van der Waals surface area contributed by atoms with E-state index in [1.165, 1.54) is 17.5 Å². The van der Waals surface area contributed by atoms with Crippen molar-refractivity contribution in [2.24, 2.45) is 0 Å². The van der Waals surface area contributed by atoms with Gasteiger partial charge in [0.25, 0.3) is 5.91 Å². The normalized spacial score (nSPS) is 23.4. The number of rotatable bonds is 5. The van der Waals surface area contributed by atoms with E-state index in [2.05, 4.69) is 12.1 Å². The number of benzene rings is 1. The fourth-order valence-corrected chi connectivity index (χ4v) is 3.63. The lowest BCUT2D eigenvalue weighted by Gasteiger charge is -2.30. The van der Waals surface area contributed by atoms with Crippen LogP contribution in [-0.2, 0) is 22.4 Å². The molecule has 0 bridgehead atoms. The summed E-state index contributed by atoms with van der Waals surface area (Å²) in [5.74, 6) is 0.611. The van der Waals surface area contributed by atoms with E-state index in [0.29, 0.717) is 19.7 Å². The smallest absolute Gasteiger partial charge is 0.266 e. The van der Waals surface area contributed by atoms with Crippen LogP contribution in [-0.4, -0.2) is 53.4 Å². The molecular weight excluding hydrogens is 306 g/mol. The van der Waals surface area contributed by atoms with Crippen LogP contribution in [0.2, 0.25) is 0 Å². The van der Waals surface area contributed by atoms with Crippen molar-refractivity contribution < 1.29 is 19.4 Å². The zero-order valence-corrected chi connectivity index (χ0v) is 14.7. The quantitative estimate of drug-likeness (QED) is 0.895. The molecule has 1 aliphatic carbocycles. The number of likely N-dealkylation sites (tertiary alicyclic amines) is 1. The second kappa shape index (κ2) is 6.73. The van der Waals surface area contributed by atoms with E-state index in [0.717, 1.165) is 18.6 Å². The maximum Gasteiger partial charge on any atom is 0.266 e. The van der Waals surface area contributed by atoms with Crippen molar-refractivity contribution in [3.8, 4) is 5.75 Å². The van der Waals surface area contributed by atoms with Gasteiger partial charge in [0.2, 0.25) is 0 Å². The van der Waals surface area contributed by atoms with Crippen molar-refractivity contribution in [2.45, 2.75) is 57.8 Å². The molecule has 0 aromatic heterocycles. The molecule has 0 unspecified atom stereocenters. The minimum absolute atomic E-state index is 0.121. The number of hydrogen-bond donors (Lipinski definition) is 1. The first-order valence-corrected chi connectivity index (χ1v) is 8.80. The van der Waals surface area contributed by atoms with Gasteiger partial charge >= 0.3 is 0 Å². The number of aliphatic hydroxyl groups excluding tert-OH is 1. The first-order valence-electron chi connectivity index (χ1n) is 8.80. The molecule has 1 aliphatic heterocycles. The summed E-state index contributed by atoms with van der Waals surface area (Å²) in [4.78, 5) is 14.5. The molecule has 1 saturated heterocycles.